The molecular formula is C14H15NOS. The summed E-state index contributed by atoms with van der Waals surface area (Å²) in [7, 11) is 0. The molecule has 2 aromatic rings. The van der Waals surface area contributed by atoms with Crippen LogP contribution in [0, 0.1) is 0 Å². The van der Waals surface area contributed by atoms with E-state index in [2.05, 4.69) is 24.3 Å². The van der Waals surface area contributed by atoms with Crippen LogP contribution in [0.5, 0.6) is 5.75 Å². The van der Waals surface area contributed by atoms with Gasteiger partial charge in [-0.25, -0.2) is 0 Å². The van der Waals surface area contributed by atoms with Crippen LogP contribution in [0.3, 0.4) is 0 Å². The highest BCUT2D eigenvalue weighted by molar-refractivity contribution is 7.99. The molecule has 2 nitrogen and oxygen atoms in total. The van der Waals surface area contributed by atoms with E-state index in [0.717, 1.165) is 5.75 Å². The maximum Gasteiger partial charge on any atom is 0.119 e. The van der Waals surface area contributed by atoms with Gasteiger partial charge in [-0.15, -0.1) is 0 Å². The van der Waals surface area contributed by atoms with Crippen LogP contribution >= 0.6 is 11.8 Å². The van der Waals surface area contributed by atoms with Crippen LogP contribution in [0.1, 0.15) is 0 Å². The summed E-state index contributed by atoms with van der Waals surface area (Å²) in [5.74, 6) is 0.868. The molecule has 0 amide bonds. The summed E-state index contributed by atoms with van der Waals surface area (Å²) in [5.41, 5.74) is 5.38. The molecule has 0 aromatic heterocycles. The van der Waals surface area contributed by atoms with E-state index in [1.807, 2.05) is 30.3 Å². The Labute approximate surface area is 106 Å². The fraction of sp³-hybridized carbons (Fsp3) is 0.143. The zero-order valence-corrected chi connectivity index (χ0v) is 10.3. The minimum absolute atomic E-state index is 0.542. The van der Waals surface area contributed by atoms with Crippen molar-refractivity contribution in [3.05, 3.63) is 54.6 Å². The fourth-order valence-corrected chi connectivity index (χ4v) is 2.24. The van der Waals surface area contributed by atoms with Gasteiger partial charge in [0.2, 0.25) is 0 Å². The number of rotatable bonds is 5. The van der Waals surface area contributed by atoms with Crippen molar-refractivity contribution in [1.29, 1.82) is 0 Å². The van der Waals surface area contributed by atoms with Crippen molar-refractivity contribution in [3.63, 3.8) is 0 Å². The lowest BCUT2D eigenvalue weighted by Gasteiger charge is -2.05. The molecule has 0 saturated heterocycles. The standard InChI is InChI=1S/C14H15NOS/c15-10-11-16-12-6-8-14(9-7-12)17-13-4-2-1-3-5-13/h1-9H,10-11,15H2. The molecule has 3 heteroatoms. The van der Waals surface area contributed by atoms with Gasteiger partial charge in [0, 0.05) is 16.3 Å². The first-order chi connectivity index (χ1) is 8.38. The second-order valence-corrected chi connectivity index (χ2v) is 4.67. The van der Waals surface area contributed by atoms with E-state index in [9.17, 15) is 0 Å². The maximum atomic E-state index is 5.43. The maximum absolute atomic E-state index is 5.43. The number of hydrogen-bond donors (Lipinski definition) is 1. The molecular weight excluding hydrogens is 230 g/mol. The van der Waals surface area contributed by atoms with Crippen molar-refractivity contribution in [2.24, 2.45) is 5.73 Å². The molecule has 0 heterocycles. The van der Waals surface area contributed by atoms with Crippen LogP contribution in [0.4, 0.5) is 0 Å². The van der Waals surface area contributed by atoms with E-state index in [1.165, 1.54) is 9.79 Å². The molecule has 0 unspecified atom stereocenters. The zero-order valence-electron chi connectivity index (χ0n) is 9.50. The van der Waals surface area contributed by atoms with Crippen molar-refractivity contribution in [1.82, 2.24) is 0 Å². The third kappa shape index (κ3) is 3.80. The van der Waals surface area contributed by atoms with Gasteiger partial charge in [0.1, 0.15) is 12.4 Å². The van der Waals surface area contributed by atoms with Gasteiger partial charge in [-0.2, -0.15) is 0 Å². The van der Waals surface area contributed by atoms with Gasteiger partial charge >= 0.3 is 0 Å². The molecule has 2 aromatic carbocycles. The lowest BCUT2D eigenvalue weighted by Crippen LogP contribution is -2.10. The predicted octanol–water partition coefficient (Wildman–Crippen LogP) is 3.18. The molecule has 0 saturated carbocycles. The minimum Gasteiger partial charge on any atom is -0.492 e. The van der Waals surface area contributed by atoms with E-state index in [-0.39, 0.29) is 0 Å². The molecule has 0 radical (unpaired) electrons. The summed E-state index contributed by atoms with van der Waals surface area (Å²) in [6, 6.07) is 18.4. The molecule has 0 spiro atoms. The minimum atomic E-state index is 0.542. The fourth-order valence-electron chi connectivity index (χ4n) is 1.41. The average molecular weight is 245 g/mol. The van der Waals surface area contributed by atoms with Crippen LogP contribution in [0.15, 0.2) is 64.4 Å². The first-order valence-electron chi connectivity index (χ1n) is 5.54. The van der Waals surface area contributed by atoms with E-state index in [0.29, 0.717) is 13.2 Å². The Morgan fingerprint density at radius 1 is 0.882 bits per heavy atom. The van der Waals surface area contributed by atoms with Crippen molar-refractivity contribution in [3.8, 4) is 5.75 Å². The second kappa shape index (κ2) is 6.33. The van der Waals surface area contributed by atoms with E-state index in [4.69, 9.17) is 10.5 Å². The Morgan fingerprint density at radius 3 is 2.18 bits per heavy atom. The summed E-state index contributed by atoms with van der Waals surface area (Å²) in [6.07, 6.45) is 0. The number of ether oxygens (including phenoxy) is 1. The Hall–Kier alpha value is -1.45. The highest BCUT2D eigenvalue weighted by Gasteiger charge is 1.97. The van der Waals surface area contributed by atoms with Gasteiger partial charge < -0.3 is 10.5 Å². The molecule has 0 fully saturated rings. The lowest BCUT2D eigenvalue weighted by molar-refractivity contribution is 0.328. The Morgan fingerprint density at radius 2 is 1.53 bits per heavy atom. The van der Waals surface area contributed by atoms with Crippen molar-refractivity contribution >= 4 is 11.8 Å². The third-order valence-electron chi connectivity index (χ3n) is 2.19. The summed E-state index contributed by atoms with van der Waals surface area (Å²) in [5, 5.41) is 0. The molecule has 0 bridgehead atoms. The smallest absolute Gasteiger partial charge is 0.119 e. The van der Waals surface area contributed by atoms with E-state index >= 15 is 0 Å². The predicted molar refractivity (Wildman–Crippen MR) is 71.6 cm³/mol. The highest BCUT2D eigenvalue weighted by atomic mass is 32.2. The van der Waals surface area contributed by atoms with Gasteiger partial charge in [0.15, 0.2) is 0 Å². The monoisotopic (exact) mass is 245 g/mol. The Balaban J connectivity index is 1.98. The zero-order chi connectivity index (χ0) is 11.9. The van der Waals surface area contributed by atoms with E-state index < -0.39 is 0 Å². The first kappa shape index (κ1) is 12.0. The third-order valence-corrected chi connectivity index (χ3v) is 3.20. The molecule has 0 atom stereocenters. The quantitative estimate of drug-likeness (QED) is 0.878. The largest absolute Gasteiger partial charge is 0.492 e. The highest BCUT2D eigenvalue weighted by Crippen LogP contribution is 2.28. The molecule has 88 valence electrons. The van der Waals surface area contributed by atoms with Crippen LogP contribution in [-0.2, 0) is 0 Å². The van der Waals surface area contributed by atoms with Crippen LogP contribution in [0.25, 0.3) is 0 Å². The number of hydrogen-bond acceptors (Lipinski definition) is 3. The molecule has 0 aliphatic heterocycles. The summed E-state index contributed by atoms with van der Waals surface area (Å²) < 4.78 is 5.43. The molecule has 17 heavy (non-hydrogen) atoms. The van der Waals surface area contributed by atoms with Gasteiger partial charge in [0.05, 0.1) is 0 Å². The van der Waals surface area contributed by atoms with Crippen LogP contribution in [0.2, 0.25) is 0 Å². The second-order valence-electron chi connectivity index (χ2n) is 3.52. The van der Waals surface area contributed by atoms with Gasteiger partial charge in [-0.3, -0.25) is 0 Å². The number of benzene rings is 2. The Bertz CT molecular complexity index is 442. The molecule has 2 N–H and O–H groups in total. The molecule has 0 aliphatic rings. The SMILES string of the molecule is NCCOc1ccc(Sc2ccccc2)cc1. The van der Waals surface area contributed by atoms with Crippen molar-refractivity contribution in [2.75, 3.05) is 13.2 Å². The van der Waals surface area contributed by atoms with Crippen LogP contribution < -0.4 is 10.5 Å². The van der Waals surface area contributed by atoms with Gasteiger partial charge in [-0.05, 0) is 36.4 Å². The normalized spacial score (nSPS) is 10.2. The topological polar surface area (TPSA) is 35.2 Å². The van der Waals surface area contributed by atoms with E-state index in [1.54, 1.807) is 11.8 Å². The first-order valence-corrected chi connectivity index (χ1v) is 6.36. The van der Waals surface area contributed by atoms with Crippen molar-refractivity contribution in [2.45, 2.75) is 9.79 Å². The van der Waals surface area contributed by atoms with Gasteiger partial charge in [-0.1, -0.05) is 30.0 Å². The van der Waals surface area contributed by atoms with Gasteiger partial charge in [0.25, 0.3) is 0 Å². The molecule has 2 rings (SSSR count). The summed E-state index contributed by atoms with van der Waals surface area (Å²) in [6.45, 7) is 1.10. The average Bonchev–Trinajstić information content (AvgIpc) is 2.39. The van der Waals surface area contributed by atoms with Crippen LogP contribution in [-0.4, -0.2) is 13.2 Å². The lowest BCUT2D eigenvalue weighted by atomic mass is 10.3. The Kier molecular flexibility index (Phi) is 4.47. The summed E-state index contributed by atoms with van der Waals surface area (Å²) >= 11 is 1.74. The van der Waals surface area contributed by atoms with Crippen molar-refractivity contribution < 1.29 is 4.74 Å². The number of nitrogens with two attached hydrogens (primary N) is 1. The summed E-state index contributed by atoms with van der Waals surface area (Å²) in [4.78, 5) is 2.44. The molecule has 0 aliphatic carbocycles.